The number of hydrogen-bond acceptors (Lipinski definition) is 4. The van der Waals surface area contributed by atoms with Crippen LogP contribution in [0.4, 0.5) is 0 Å². The molecular weight excluding hydrogens is 390 g/mol. The van der Waals surface area contributed by atoms with E-state index < -0.39 is 0 Å². The van der Waals surface area contributed by atoms with E-state index in [1.165, 1.54) is 4.68 Å². The second-order valence-corrected chi connectivity index (χ2v) is 7.32. The van der Waals surface area contributed by atoms with E-state index >= 15 is 0 Å². The van der Waals surface area contributed by atoms with E-state index in [0.717, 1.165) is 11.1 Å². The molecule has 4 rings (SSSR count). The molecule has 6 nitrogen and oxygen atoms in total. The number of ether oxygens (including phenoxy) is 1. The number of methoxy groups -OCH3 is 1. The summed E-state index contributed by atoms with van der Waals surface area (Å²) in [5, 5.41) is 5.51. The van der Waals surface area contributed by atoms with Crippen LogP contribution in [0.2, 0.25) is 0 Å². The van der Waals surface area contributed by atoms with Gasteiger partial charge in [0.05, 0.1) is 19.0 Å². The standard InChI is InChI=1S/C25H23N3O3/c1-27(17-19-12-6-9-15-22(19)31-2)25(30)23-20-13-7-8-14-21(20)24(29)28(26-23)16-18-10-4-3-5-11-18/h3-15H,16-17H2,1-2H3. The smallest absolute Gasteiger partial charge is 0.274 e. The fraction of sp³-hybridized carbons (Fsp3) is 0.160. The van der Waals surface area contributed by atoms with Gasteiger partial charge >= 0.3 is 0 Å². The topological polar surface area (TPSA) is 64.4 Å². The Morgan fingerprint density at radius 2 is 1.58 bits per heavy atom. The average molecular weight is 413 g/mol. The van der Waals surface area contributed by atoms with Gasteiger partial charge < -0.3 is 9.64 Å². The summed E-state index contributed by atoms with van der Waals surface area (Å²) in [6.45, 7) is 0.650. The van der Waals surface area contributed by atoms with Gasteiger partial charge in [-0.25, -0.2) is 4.68 Å². The Labute approximate surface area is 180 Å². The van der Waals surface area contributed by atoms with Crippen molar-refractivity contribution < 1.29 is 9.53 Å². The van der Waals surface area contributed by atoms with Crippen LogP contribution in [-0.2, 0) is 13.1 Å². The summed E-state index contributed by atoms with van der Waals surface area (Å²) in [6, 6.07) is 24.3. The molecule has 1 heterocycles. The molecule has 0 saturated heterocycles. The lowest BCUT2D eigenvalue weighted by Crippen LogP contribution is -2.32. The molecule has 6 heteroatoms. The molecule has 156 valence electrons. The van der Waals surface area contributed by atoms with E-state index in [9.17, 15) is 9.59 Å². The SMILES string of the molecule is COc1ccccc1CN(C)C(=O)c1nn(Cc2ccccc2)c(=O)c2ccccc12. The second-order valence-electron chi connectivity index (χ2n) is 7.32. The Balaban J connectivity index is 1.74. The molecular formula is C25H23N3O3. The number of amides is 1. The number of para-hydroxylation sites is 1. The molecule has 0 unspecified atom stereocenters. The van der Waals surface area contributed by atoms with Crippen LogP contribution in [0, 0.1) is 0 Å². The number of aromatic nitrogens is 2. The summed E-state index contributed by atoms with van der Waals surface area (Å²) in [5.41, 5.74) is 1.86. The minimum absolute atomic E-state index is 0.219. The van der Waals surface area contributed by atoms with E-state index in [4.69, 9.17) is 4.74 Å². The quantitative estimate of drug-likeness (QED) is 0.483. The van der Waals surface area contributed by atoms with Crippen LogP contribution in [0.3, 0.4) is 0 Å². The van der Waals surface area contributed by atoms with Crippen LogP contribution < -0.4 is 10.3 Å². The highest BCUT2D eigenvalue weighted by Crippen LogP contribution is 2.21. The maximum absolute atomic E-state index is 13.4. The minimum atomic E-state index is -0.260. The summed E-state index contributed by atoms with van der Waals surface area (Å²) < 4.78 is 6.77. The fourth-order valence-electron chi connectivity index (χ4n) is 3.60. The summed E-state index contributed by atoms with van der Waals surface area (Å²) >= 11 is 0. The van der Waals surface area contributed by atoms with Gasteiger partial charge in [0.15, 0.2) is 5.69 Å². The van der Waals surface area contributed by atoms with Gasteiger partial charge in [-0.2, -0.15) is 5.10 Å². The van der Waals surface area contributed by atoms with Crippen LogP contribution in [0.15, 0.2) is 83.7 Å². The molecule has 0 saturated carbocycles. The monoisotopic (exact) mass is 413 g/mol. The Kier molecular flexibility index (Phi) is 5.80. The maximum atomic E-state index is 13.4. The Bertz CT molecular complexity index is 1280. The number of nitrogens with zero attached hydrogens (tertiary/aromatic N) is 3. The van der Waals surface area contributed by atoms with Crippen LogP contribution in [0.1, 0.15) is 21.6 Å². The number of hydrogen-bond donors (Lipinski definition) is 0. The van der Waals surface area contributed by atoms with Crippen molar-refractivity contribution >= 4 is 16.7 Å². The first kappa shape index (κ1) is 20.3. The van der Waals surface area contributed by atoms with Crippen molar-refractivity contribution in [3.8, 4) is 5.75 Å². The molecule has 0 bridgehead atoms. The van der Waals surface area contributed by atoms with E-state index in [-0.39, 0.29) is 17.2 Å². The van der Waals surface area contributed by atoms with Crippen molar-refractivity contribution in [2.45, 2.75) is 13.1 Å². The van der Waals surface area contributed by atoms with Crippen molar-refractivity contribution in [1.82, 2.24) is 14.7 Å². The number of fused-ring (bicyclic) bond motifs is 1. The normalized spacial score (nSPS) is 10.8. The van der Waals surface area contributed by atoms with Crippen LogP contribution in [-0.4, -0.2) is 34.7 Å². The number of carbonyl (C=O) groups is 1. The molecule has 3 aromatic carbocycles. The highest BCUT2D eigenvalue weighted by molar-refractivity contribution is 6.04. The average Bonchev–Trinajstić information content (AvgIpc) is 2.81. The fourth-order valence-corrected chi connectivity index (χ4v) is 3.60. The highest BCUT2D eigenvalue weighted by atomic mass is 16.5. The molecule has 0 aliphatic heterocycles. The second kappa shape index (κ2) is 8.83. The summed E-state index contributed by atoms with van der Waals surface area (Å²) in [6.07, 6.45) is 0. The molecule has 0 atom stereocenters. The Morgan fingerprint density at radius 3 is 2.32 bits per heavy atom. The van der Waals surface area contributed by atoms with Crippen LogP contribution in [0.25, 0.3) is 10.8 Å². The first-order chi connectivity index (χ1) is 15.1. The van der Waals surface area contributed by atoms with Gasteiger partial charge in [-0.15, -0.1) is 0 Å². The number of rotatable bonds is 6. The van der Waals surface area contributed by atoms with Gasteiger partial charge in [0.25, 0.3) is 11.5 Å². The summed E-state index contributed by atoms with van der Waals surface area (Å²) in [4.78, 5) is 28.0. The molecule has 4 aromatic rings. The molecule has 1 amide bonds. The van der Waals surface area contributed by atoms with Crippen molar-refractivity contribution in [3.05, 3.63) is 106 Å². The lowest BCUT2D eigenvalue weighted by Gasteiger charge is -2.20. The van der Waals surface area contributed by atoms with E-state index in [0.29, 0.717) is 29.6 Å². The van der Waals surface area contributed by atoms with Gasteiger partial charge in [0, 0.05) is 24.5 Å². The Morgan fingerprint density at radius 1 is 0.935 bits per heavy atom. The minimum Gasteiger partial charge on any atom is -0.496 e. The predicted molar refractivity (Wildman–Crippen MR) is 120 cm³/mol. The first-order valence-electron chi connectivity index (χ1n) is 9.99. The van der Waals surface area contributed by atoms with Gasteiger partial charge in [0.1, 0.15) is 5.75 Å². The van der Waals surface area contributed by atoms with E-state index in [2.05, 4.69) is 5.10 Å². The highest BCUT2D eigenvalue weighted by Gasteiger charge is 2.21. The van der Waals surface area contributed by atoms with Crippen molar-refractivity contribution in [1.29, 1.82) is 0 Å². The maximum Gasteiger partial charge on any atom is 0.274 e. The molecule has 31 heavy (non-hydrogen) atoms. The third-order valence-corrected chi connectivity index (χ3v) is 5.19. The molecule has 0 fully saturated rings. The zero-order valence-electron chi connectivity index (χ0n) is 17.5. The molecule has 0 N–H and O–H groups in total. The lowest BCUT2D eigenvalue weighted by molar-refractivity contribution is 0.0778. The number of carbonyl (C=O) groups excluding carboxylic acids is 1. The molecule has 1 aromatic heterocycles. The zero-order chi connectivity index (χ0) is 21.8. The van der Waals surface area contributed by atoms with Crippen LogP contribution >= 0.6 is 0 Å². The zero-order valence-corrected chi connectivity index (χ0v) is 17.5. The lowest BCUT2D eigenvalue weighted by atomic mass is 10.1. The van der Waals surface area contributed by atoms with Gasteiger partial charge in [0.2, 0.25) is 0 Å². The third-order valence-electron chi connectivity index (χ3n) is 5.19. The molecule has 0 radical (unpaired) electrons. The molecule has 0 spiro atoms. The van der Waals surface area contributed by atoms with Gasteiger partial charge in [-0.3, -0.25) is 9.59 Å². The predicted octanol–water partition coefficient (Wildman–Crippen LogP) is 3.73. The summed E-state index contributed by atoms with van der Waals surface area (Å²) in [5.74, 6) is 0.456. The van der Waals surface area contributed by atoms with Crippen LogP contribution in [0.5, 0.6) is 5.75 Å². The van der Waals surface area contributed by atoms with E-state index in [1.807, 2.05) is 60.7 Å². The molecule has 0 aliphatic carbocycles. The molecule has 0 aliphatic rings. The summed E-state index contributed by atoms with van der Waals surface area (Å²) in [7, 11) is 3.33. The Hall–Kier alpha value is -3.93. The van der Waals surface area contributed by atoms with Gasteiger partial charge in [-0.1, -0.05) is 66.7 Å². The largest absolute Gasteiger partial charge is 0.496 e. The van der Waals surface area contributed by atoms with Crippen molar-refractivity contribution in [2.75, 3.05) is 14.2 Å². The van der Waals surface area contributed by atoms with Gasteiger partial charge in [-0.05, 0) is 17.7 Å². The third kappa shape index (κ3) is 4.19. The van der Waals surface area contributed by atoms with E-state index in [1.54, 1.807) is 37.3 Å². The number of benzene rings is 3. The van der Waals surface area contributed by atoms with Crippen molar-refractivity contribution in [2.24, 2.45) is 0 Å². The van der Waals surface area contributed by atoms with Crippen molar-refractivity contribution in [3.63, 3.8) is 0 Å². The first-order valence-corrected chi connectivity index (χ1v) is 9.99.